The molecule has 0 amide bonds. The van der Waals surface area contributed by atoms with E-state index >= 15 is 0 Å². The second kappa shape index (κ2) is 6.06. The highest BCUT2D eigenvalue weighted by atomic mass is 16.4. The van der Waals surface area contributed by atoms with E-state index < -0.39 is 11.5 Å². The number of aliphatic carboxylic acids is 1. The van der Waals surface area contributed by atoms with Crippen molar-refractivity contribution in [2.45, 2.75) is 50.1 Å². The molecule has 1 saturated heterocycles. The summed E-state index contributed by atoms with van der Waals surface area (Å²) < 4.78 is 0. The first-order valence-corrected chi connectivity index (χ1v) is 8.01. The summed E-state index contributed by atoms with van der Waals surface area (Å²) in [5, 5.41) is 13.2. The number of nitrogens with one attached hydrogen (secondary N) is 1. The zero-order chi connectivity index (χ0) is 14.7. The Bertz CT molecular complexity index is 475. The second-order valence-electron chi connectivity index (χ2n) is 6.34. The molecule has 2 N–H and O–H groups in total. The van der Waals surface area contributed by atoms with Crippen LogP contribution in [-0.4, -0.2) is 35.7 Å². The van der Waals surface area contributed by atoms with Gasteiger partial charge < -0.3 is 10.0 Å². The summed E-state index contributed by atoms with van der Waals surface area (Å²) in [5.41, 5.74) is 0.470. The molecule has 0 radical (unpaired) electrons. The minimum Gasteiger partial charge on any atom is -0.480 e. The second-order valence-corrected chi connectivity index (χ2v) is 6.34. The van der Waals surface area contributed by atoms with Gasteiger partial charge in [0.25, 0.3) is 0 Å². The Balaban J connectivity index is 1.66. The first-order chi connectivity index (χ1) is 10.2. The molecule has 1 aromatic carbocycles. The van der Waals surface area contributed by atoms with Crippen molar-refractivity contribution in [3.05, 3.63) is 30.3 Å². The van der Waals surface area contributed by atoms with Crippen molar-refractivity contribution in [3.63, 3.8) is 0 Å². The number of nitrogens with zero attached hydrogens (tertiary/aromatic N) is 1. The summed E-state index contributed by atoms with van der Waals surface area (Å²) >= 11 is 0. The maximum absolute atomic E-state index is 11.8. The molecule has 114 valence electrons. The van der Waals surface area contributed by atoms with Crippen LogP contribution in [0.2, 0.25) is 0 Å². The summed E-state index contributed by atoms with van der Waals surface area (Å²) in [5.74, 6) is -0.679. The number of carbonyl (C=O) groups is 1. The molecule has 1 saturated carbocycles. The number of rotatable bonds is 4. The molecule has 21 heavy (non-hydrogen) atoms. The highest BCUT2D eigenvalue weighted by molar-refractivity contribution is 5.79. The van der Waals surface area contributed by atoms with Crippen LogP contribution in [0, 0.1) is 0 Å². The summed E-state index contributed by atoms with van der Waals surface area (Å²) in [4.78, 5) is 14.1. The van der Waals surface area contributed by atoms with Gasteiger partial charge in [0.15, 0.2) is 0 Å². The smallest absolute Gasteiger partial charge is 0.324 e. The lowest BCUT2D eigenvalue weighted by molar-refractivity contribution is -0.146. The number of piperidine rings is 1. The molecule has 1 heterocycles. The van der Waals surface area contributed by atoms with Crippen molar-refractivity contribution >= 4 is 11.7 Å². The lowest BCUT2D eigenvalue weighted by Gasteiger charge is -2.42. The van der Waals surface area contributed by atoms with Gasteiger partial charge in [-0.15, -0.1) is 0 Å². The first kappa shape index (κ1) is 14.4. The van der Waals surface area contributed by atoms with Crippen LogP contribution in [-0.2, 0) is 4.79 Å². The SMILES string of the molecule is O=C(O)C1(NC2CCCC2)CCN(c2ccccc2)CC1. The molecule has 2 aliphatic rings. The summed E-state index contributed by atoms with van der Waals surface area (Å²) in [6.07, 6.45) is 6.04. The van der Waals surface area contributed by atoms with Crippen LogP contribution in [0.4, 0.5) is 5.69 Å². The lowest BCUT2D eigenvalue weighted by Crippen LogP contribution is -2.60. The Hall–Kier alpha value is -1.55. The molecule has 1 aliphatic carbocycles. The zero-order valence-electron chi connectivity index (χ0n) is 12.4. The van der Waals surface area contributed by atoms with Crippen LogP contribution in [0.3, 0.4) is 0 Å². The van der Waals surface area contributed by atoms with E-state index in [1.807, 2.05) is 18.2 Å². The van der Waals surface area contributed by atoms with Gasteiger partial charge in [-0.25, -0.2) is 0 Å². The van der Waals surface area contributed by atoms with E-state index in [4.69, 9.17) is 0 Å². The largest absolute Gasteiger partial charge is 0.480 e. The third kappa shape index (κ3) is 3.05. The van der Waals surface area contributed by atoms with Crippen LogP contribution in [0.15, 0.2) is 30.3 Å². The number of anilines is 1. The molecular weight excluding hydrogens is 264 g/mol. The highest BCUT2D eigenvalue weighted by Crippen LogP contribution is 2.29. The Morgan fingerprint density at radius 3 is 2.33 bits per heavy atom. The van der Waals surface area contributed by atoms with Gasteiger partial charge in [-0.2, -0.15) is 0 Å². The van der Waals surface area contributed by atoms with Crippen LogP contribution in [0.1, 0.15) is 38.5 Å². The molecule has 2 fully saturated rings. The van der Waals surface area contributed by atoms with Gasteiger partial charge in [-0.3, -0.25) is 10.1 Å². The van der Waals surface area contributed by atoms with Crippen molar-refractivity contribution in [3.8, 4) is 0 Å². The van der Waals surface area contributed by atoms with Gasteiger partial charge in [0.2, 0.25) is 0 Å². The molecule has 4 heteroatoms. The molecule has 0 atom stereocenters. The molecule has 1 aliphatic heterocycles. The molecule has 0 spiro atoms. The van der Waals surface area contributed by atoms with Crippen molar-refractivity contribution in [2.75, 3.05) is 18.0 Å². The molecule has 1 aromatic rings. The topological polar surface area (TPSA) is 52.6 Å². The maximum atomic E-state index is 11.8. The van der Waals surface area contributed by atoms with Crippen LogP contribution < -0.4 is 10.2 Å². The van der Waals surface area contributed by atoms with Crippen molar-refractivity contribution < 1.29 is 9.90 Å². The van der Waals surface area contributed by atoms with Crippen molar-refractivity contribution in [1.29, 1.82) is 0 Å². The number of carboxylic acids is 1. The number of hydrogen-bond acceptors (Lipinski definition) is 3. The maximum Gasteiger partial charge on any atom is 0.324 e. The van der Waals surface area contributed by atoms with Gasteiger partial charge in [-0.05, 0) is 37.8 Å². The minimum atomic E-state index is -0.722. The summed E-state index contributed by atoms with van der Waals surface area (Å²) in [6, 6.07) is 10.7. The quantitative estimate of drug-likeness (QED) is 0.894. The predicted octanol–water partition coefficient (Wildman–Crippen LogP) is 2.64. The number of benzene rings is 1. The molecule has 4 nitrogen and oxygen atoms in total. The van der Waals surface area contributed by atoms with E-state index in [1.54, 1.807) is 0 Å². The van der Waals surface area contributed by atoms with Gasteiger partial charge >= 0.3 is 5.97 Å². The summed E-state index contributed by atoms with van der Waals surface area (Å²) in [7, 11) is 0. The van der Waals surface area contributed by atoms with Crippen LogP contribution >= 0.6 is 0 Å². The van der Waals surface area contributed by atoms with Gasteiger partial charge in [0.05, 0.1) is 0 Å². The van der Waals surface area contributed by atoms with E-state index in [2.05, 4.69) is 22.3 Å². The molecule has 3 rings (SSSR count). The van der Waals surface area contributed by atoms with E-state index in [0.29, 0.717) is 18.9 Å². The monoisotopic (exact) mass is 288 g/mol. The van der Waals surface area contributed by atoms with Gasteiger partial charge in [0.1, 0.15) is 5.54 Å². The number of carboxylic acid groups (broad SMARTS) is 1. The van der Waals surface area contributed by atoms with Gasteiger partial charge in [0, 0.05) is 24.8 Å². The fourth-order valence-corrected chi connectivity index (χ4v) is 3.67. The van der Waals surface area contributed by atoms with E-state index in [-0.39, 0.29) is 0 Å². The summed E-state index contributed by atoms with van der Waals surface area (Å²) in [6.45, 7) is 1.60. The molecule has 0 aromatic heterocycles. The molecular formula is C17H24N2O2. The molecule has 0 bridgehead atoms. The van der Waals surface area contributed by atoms with E-state index in [0.717, 1.165) is 25.9 Å². The standard InChI is InChI=1S/C17H24N2O2/c20-16(21)17(18-14-6-4-5-7-14)10-12-19(13-11-17)15-8-2-1-3-9-15/h1-3,8-9,14,18H,4-7,10-13H2,(H,20,21). The third-order valence-electron chi connectivity index (χ3n) is 4.98. The highest BCUT2D eigenvalue weighted by Gasteiger charge is 2.43. The number of hydrogen-bond donors (Lipinski definition) is 2. The fourth-order valence-electron chi connectivity index (χ4n) is 3.67. The zero-order valence-corrected chi connectivity index (χ0v) is 12.4. The predicted molar refractivity (Wildman–Crippen MR) is 83.6 cm³/mol. The Kier molecular flexibility index (Phi) is 4.15. The average molecular weight is 288 g/mol. The average Bonchev–Trinajstić information content (AvgIpc) is 3.01. The Morgan fingerprint density at radius 2 is 1.76 bits per heavy atom. The van der Waals surface area contributed by atoms with Crippen molar-refractivity contribution in [2.24, 2.45) is 0 Å². The Labute approximate surface area is 126 Å². The van der Waals surface area contributed by atoms with Crippen LogP contribution in [0.25, 0.3) is 0 Å². The lowest BCUT2D eigenvalue weighted by atomic mass is 9.86. The Morgan fingerprint density at radius 1 is 1.14 bits per heavy atom. The number of para-hydroxylation sites is 1. The molecule has 0 unspecified atom stereocenters. The van der Waals surface area contributed by atoms with Crippen molar-refractivity contribution in [1.82, 2.24) is 5.32 Å². The van der Waals surface area contributed by atoms with Crippen LogP contribution in [0.5, 0.6) is 0 Å². The third-order valence-corrected chi connectivity index (χ3v) is 4.98. The normalized spacial score (nSPS) is 22.4. The van der Waals surface area contributed by atoms with E-state index in [1.165, 1.54) is 18.5 Å². The first-order valence-electron chi connectivity index (χ1n) is 8.01. The van der Waals surface area contributed by atoms with Gasteiger partial charge in [-0.1, -0.05) is 31.0 Å². The minimum absolute atomic E-state index is 0.393. The van der Waals surface area contributed by atoms with E-state index in [9.17, 15) is 9.90 Å². The fraction of sp³-hybridized carbons (Fsp3) is 0.588.